The van der Waals surface area contributed by atoms with Crippen LogP contribution in [0.3, 0.4) is 0 Å². The van der Waals surface area contributed by atoms with Crippen molar-refractivity contribution in [1.29, 1.82) is 0 Å². The Morgan fingerprint density at radius 2 is 1.05 bits per heavy atom. The maximum atomic E-state index is 10.4. The largest absolute Gasteiger partial charge is 0.507 e. The van der Waals surface area contributed by atoms with Gasteiger partial charge in [0.05, 0.1) is 32.3 Å². The van der Waals surface area contributed by atoms with E-state index in [9.17, 15) is 4.20 Å². The third-order valence-electron chi connectivity index (χ3n) is 7.69. The molecule has 19 heteroatoms. The first-order chi connectivity index (χ1) is 20.3. The summed E-state index contributed by atoms with van der Waals surface area (Å²) in [5.41, 5.74) is 1.87. The van der Waals surface area contributed by atoms with Crippen LogP contribution in [0, 0.1) is 0 Å². The molecule has 0 amide bonds. The molecule has 4 fully saturated rings. The van der Waals surface area contributed by atoms with E-state index in [-0.39, 0.29) is 0 Å². The fourth-order valence-electron chi connectivity index (χ4n) is 5.64. The molecule has 10 nitrogen and oxygen atoms in total. The van der Waals surface area contributed by atoms with Gasteiger partial charge in [0.2, 0.25) is 0 Å². The molecule has 0 bridgehead atoms. The summed E-state index contributed by atoms with van der Waals surface area (Å²) >= 11 is 35.3. The molecule has 2 aromatic rings. The van der Waals surface area contributed by atoms with E-state index in [1.54, 1.807) is 4.85 Å². The molecular formula is C24H36Cl6FN6O4P2+. The first-order valence-corrected chi connectivity index (χ1v) is 19.8. The zero-order chi connectivity index (χ0) is 31.4. The number of para-hydroxylation sites is 1. The number of rotatable bonds is 5. The average molecular weight is 766 g/mol. The molecule has 3 aliphatic heterocycles. The SMILES string of the molecule is ClC1C(Cl)C(Cl)C(Cl)C(Cl)C1Cl.O=P(O)(O)F.c1ccc2c(c1)nnn2O[P+](N1CCCC1)(N1CCCC1)N1CCCC1. The van der Waals surface area contributed by atoms with Gasteiger partial charge in [-0.3, -0.25) is 9.79 Å². The van der Waals surface area contributed by atoms with Gasteiger partial charge in [0.1, 0.15) is 11.0 Å². The number of hydrogen-bond donors (Lipinski definition) is 2. The number of halogens is 7. The van der Waals surface area contributed by atoms with Crippen LogP contribution in [0.15, 0.2) is 24.3 Å². The lowest BCUT2D eigenvalue weighted by molar-refractivity contribution is 0.169. The number of aromatic nitrogens is 3. The summed E-state index contributed by atoms with van der Waals surface area (Å²) in [6, 6.07) is 8.10. The van der Waals surface area contributed by atoms with Crippen molar-refractivity contribution in [3.63, 3.8) is 0 Å². The van der Waals surface area contributed by atoms with E-state index in [1.807, 2.05) is 18.2 Å². The summed E-state index contributed by atoms with van der Waals surface area (Å²) < 4.78 is 33.9. The van der Waals surface area contributed by atoms with Crippen LogP contribution in [0.1, 0.15) is 38.5 Å². The van der Waals surface area contributed by atoms with Gasteiger partial charge in [0.15, 0.2) is 0 Å². The quantitative estimate of drug-likeness (QED) is 0.260. The van der Waals surface area contributed by atoms with E-state index in [0.29, 0.717) is 0 Å². The highest BCUT2D eigenvalue weighted by atomic mass is 35.5. The van der Waals surface area contributed by atoms with E-state index < -0.39 is 48.1 Å². The van der Waals surface area contributed by atoms with Crippen molar-refractivity contribution in [3.8, 4) is 0 Å². The Kier molecular flexibility index (Phi) is 13.6. The van der Waals surface area contributed by atoms with E-state index in [4.69, 9.17) is 88.6 Å². The van der Waals surface area contributed by atoms with Crippen molar-refractivity contribution in [2.24, 2.45) is 0 Å². The van der Waals surface area contributed by atoms with Crippen molar-refractivity contribution in [2.45, 2.75) is 70.8 Å². The Balaban J connectivity index is 0.000000208. The minimum atomic E-state index is -5.14. The third kappa shape index (κ3) is 8.92. The van der Waals surface area contributed by atoms with E-state index >= 15 is 0 Å². The topological polar surface area (TPSA) is 107 Å². The van der Waals surface area contributed by atoms with Crippen molar-refractivity contribution >= 4 is 96.5 Å². The minimum Gasteiger partial charge on any atom is -0.299 e. The van der Waals surface area contributed by atoms with Gasteiger partial charge in [-0.25, -0.2) is 4.57 Å². The van der Waals surface area contributed by atoms with Crippen LogP contribution in [-0.4, -0.2) is 110 Å². The summed E-state index contributed by atoms with van der Waals surface area (Å²) in [5, 5.41) is 6.10. The Morgan fingerprint density at radius 3 is 1.40 bits per heavy atom. The van der Waals surface area contributed by atoms with E-state index in [1.165, 1.54) is 38.5 Å². The van der Waals surface area contributed by atoms with Crippen LogP contribution in [0.25, 0.3) is 11.0 Å². The molecule has 0 unspecified atom stereocenters. The first-order valence-electron chi connectivity index (χ1n) is 14.1. The van der Waals surface area contributed by atoms with Crippen LogP contribution >= 0.6 is 85.5 Å². The number of hydrogen-bond acceptors (Lipinski definition) is 7. The second kappa shape index (κ2) is 16.1. The van der Waals surface area contributed by atoms with Crippen molar-refractivity contribution in [2.75, 3.05) is 39.3 Å². The highest BCUT2D eigenvalue weighted by Gasteiger charge is 2.64. The summed E-state index contributed by atoms with van der Waals surface area (Å²) in [7, 11) is -7.21. The highest BCUT2D eigenvalue weighted by molar-refractivity contribution is 7.64. The van der Waals surface area contributed by atoms with Gasteiger partial charge in [-0.05, 0) is 60.7 Å². The number of fused-ring (bicyclic) bond motifs is 1. The Hall–Kier alpha value is 0.550. The first kappa shape index (κ1) is 36.4. The molecule has 1 aliphatic carbocycles. The summed E-state index contributed by atoms with van der Waals surface area (Å²) in [5.74, 6) is 0. The van der Waals surface area contributed by atoms with Crippen molar-refractivity contribution in [3.05, 3.63) is 24.3 Å². The van der Waals surface area contributed by atoms with E-state index in [0.717, 1.165) is 50.3 Å². The van der Waals surface area contributed by atoms with Crippen molar-refractivity contribution in [1.82, 2.24) is 29.2 Å². The molecule has 4 heterocycles. The molecule has 4 aliphatic rings. The predicted octanol–water partition coefficient (Wildman–Crippen LogP) is 6.52. The molecule has 2 N–H and O–H groups in total. The molecule has 0 radical (unpaired) electrons. The smallest absolute Gasteiger partial charge is 0.299 e. The molecule has 6 rings (SSSR count). The molecule has 1 aromatic carbocycles. The molecule has 1 aromatic heterocycles. The van der Waals surface area contributed by atoms with Crippen LogP contribution in [0.4, 0.5) is 4.20 Å². The van der Waals surface area contributed by atoms with Crippen LogP contribution in [0.5, 0.6) is 0 Å². The lowest BCUT2D eigenvalue weighted by Crippen LogP contribution is -2.52. The van der Waals surface area contributed by atoms with Gasteiger partial charge in [-0.2, -0.15) is 4.62 Å². The third-order valence-corrected chi connectivity index (χ3v) is 15.5. The molecule has 0 spiro atoms. The average Bonchev–Trinajstić information content (AvgIpc) is 3.80. The Morgan fingerprint density at radius 1 is 0.721 bits per heavy atom. The molecular weight excluding hydrogens is 730 g/mol. The number of nitrogens with zero attached hydrogens (tertiary/aromatic N) is 6. The van der Waals surface area contributed by atoms with Gasteiger partial charge < -0.3 is 0 Å². The van der Waals surface area contributed by atoms with Crippen LogP contribution < -0.4 is 4.62 Å². The standard InChI is InChI=1S/C18H28N6OP.C6H6Cl6.FH2O3P/c1-2-10-18-17(9-1)19-20-24(18)25-26(21-11-3-4-12-21,22-13-5-6-14-22)23-15-7-8-16-23;7-1-2(8)4(10)6(12)5(11)3(1)9;1-5(2,3)4/h1-2,9-10H,3-8,11-16H2;1-6H;(H2,2,3,4)/q+1;;. The maximum absolute atomic E-state index is 10.4. The van der Waals surface area contributed by atoms with Gasteiger partial charge >= 0.3 is 15.8 Å². The summed E-state index contributed by atoms with van der Waals surface area (Å²) in [6.45, 7) is 6.79. The van der Waals surface area contributed by atoms with Crippen LogP contribution in [-0.2, 0) is 4.57 Å². The fourth-order valence-corrected chi connectivity index (χ4v) is 12.1. The zero-order valence-electron chi connectivity index (χ0n) is 23.2. The molecule has 0 atom stereocenters. The van der Waals surface area contributed by atoms with Crippen LogP contribution in [0.2, 0.25) is 0 Å². The Bertz CT molecular complexity index is 1110. The number of benzene rings is 1. The fraction of sp³-hybridized carbons (Fsp3) is 0.750. The predicted molar refractivity (Wildman–Crippen MR) is 174 cm³/mol. The monoisotopic (exact) mass is 763 g/mol. The highest BCUT2D eigenvalue weighted by Crippen LogP contribution is 2.68. The second-order valence-electron chi connectivity index (χ2n) is 10.7. The van der Waals surface area contributed by atoms with Crippen molar-refractivity contribution < 1.29 is 23.2 Å². The normalized spacial score (nSPS) is 31.0. The van der Waals surface area contributed by atoms with E-state index in [2.05, 4.69) is 30.4 Å². The van der Waals surface area contributed by atoms with Gasteiger partial charge in [-0.15, -0.1) is 92.9 Å². The van der Waals surface area contributed by atoms with Gasteiger partial charge in [0, 0.05) is 39.3 Å². The summed E-state index contributed by atoms with van der Waals surface area (Å²) in [6.07, 6.45) is 7.61. The lowest BCUT2D eigenvalue weighted by Gasteiger charge is -2.39. The lowest BCUT2D eigenvalue weighted by atomic mass is 9.97. The molecule has 3 saturated heterocycles. The zero-order valence-corrected chi connectivity index (χ0v) is 29.5. The second-order valence-corrected chi connectivity index (χ2v) is 17.5. The molecule has 43 heavy (non-hydrogen) atoms. The van der Waals surface area contributed by atoms with Gasteiger partial charge in [0.25, 0.3) is 0 Å². The molecule has 1 saturated carbocycles. The minimum absolute atomic E-state index is 0.437. The molecule has 244 valence electrons. The number of alkyl halides is 6. The summed E-state index contributed by atoms with van der Waals surface area (Å²) in [4.78, 5) is 15.7. The maximum Gasteiger partial charge on any atom is 0.507 e. The Labute approximate surface area is 281 Å². The van der Waals surface area contributed by atoms with Gasteiger partial charge in [-0.1, -0.05) is 12.1 Å².